The lowest BCUT2D eigenvalue weighted by Crippen LogP contribution is -2.28. The van der Waals surface area contributed by atoms with Crippen molar-refractivity contribution in [3.63, 3.8) is 0 Å². The molecule has 1 saturated heterocycles. The van der Waals surface area contributed by atoms with Gasteiger partial charge in [-0.15, -0.1) is 5.10 Å². The van der Waals surface area contributed by atoms with Crippen LogP contribution in [0.1, 0.15) is 12.1 Å². The van der Waals surface area contributed by atoms with Gasteiger partial charge in [0.15, 0.2) is 5.69 Å². The molecular weight excluding hydrogens is 482 g/mol. The van der Waals surface area contributed by atoms with Crippen LogP contribution in [-0.2, 0) is 11.8 Å². The van der Waals surface area contributed by atoms with E-state index in [1.54, 1.807) is 46.7 Å². The number of aromatic nitrogens is 6. The number of anilines is 1. The van der Waals surface area contributed by atoms with Crippen LogP contribution in [0.4, 0.5) is 5.69 Å². The van der Waals surface area contributed by atoms with Crippen molar-refractivity contribution in [2.45, 2.75) is 23.8 Å². The Kier molecular flexibility index (Phi) is 6.27. The third kappa shape index (κ3) is 4.02. The molecule has 3 heterocycles. The number of carbonyl (C=O) groups is 1. The van der Waals surface area contributed by atoms with Gasteiger partial charge in [-0.1, -0.05) is 30.0 Å². The molecular formula is C24H25N7O4S. The lowest BCUT2D eigenvalue weighted by atomic mass is 10.2. The van der Waals surface area contributed by atoms with Gasteiger partial charge in [-0.3, -0.25) is 14.3 Å². The molecule has 1 amide bonds. The number of carbonyl (C=O) groups excluding carboxylic acids is 1. The molecule has 1 aliphatic heterocycles. The fourth-order valence-electron chi connectivity index (χ4n) is 4.29. The Bertz CT molecular complexity index is 1460. The van der Waals surface area contributed by atoms with Crippen LogP contribution in [0.2, 0.25) is 0 Å². The van der Waals surface area contributed by atoms with E-state index in [-0.39, 0.29) is 11.5 Å². The molecule has 0 radical (unpaired) electrons. The molecule has 1 atom stereocenters. The van der Waals surface area contributed by atoms with Crippen molar-refractivity contribution in [2.75, 3.05) is 25.7 Å². The van der Waals surface area contributed by atoms with Gasteiger partial charge in [0.25, 0.3) is 5.56 Å². The van der Waals surface area contributed by atoms with Crippen LogP contribution in [0, 0.1) is 6.92 Å². The maximum Gasteiger partial charge on any atom is 0.297 e. The number of rotatable bonds is 7. The maximum atomic E-state index is 13.4. The summed E-state index contributed by atoms with van der Waals surface area (Å²) >= 11 is 1.25. The summed E-state index contributed by atoms with van der Waals surface area (Å²) in [6.07, 6.45) is 0.595. The minimum Gasteiger partial charge on any atom is -0.497 e. The predicted molar refractivity (Wildman–Crippen MR) is 135 cm³/mol. The summed E-state index contributed by atoms with van der Waals surface area (Å²) in [6, 6.07) is 14.7. The Morgan fingerprint density at radius 1 is 1.00 bits per heavy atom. The van der Waals surface area contributed by atoms with E-state index >= 15 is 0 Å². The maximum absolute atomic E-state index is 13.4. The molecule has 0 N–H and O–H groups in total. The molecule has 12 heteroatoms. The third-order valence-electron chi connectivity index (χ3n) is 6.23. The van der Waals surface area contributed by atoms with E-state index in [9.17, 15) is 9.59 Å². The highest BCUT2D eigenvalue weighted by molar-refractivity contribution is 8.00. The van der Waals surface area contributed by atoms with Crippen molar-refractivity contribution in [1.29, 1.82) is 0 Å². The van der Waals surface area contributed by atoms with E-state index in [1.807, 2.05) is 44.3 Å². The Balaban J connectivity index is 1.44. The normalized spacial score (nSPS) is 15.5. The van der Waals surface area contributed by atoms with Crippen molar-refractivity contribution < 1.29 is 14.3 Å². The molecule has 186 valence electrons. The van der Waals surface area contributed by atoms with Crippen molar-refractivity contribution in [1.82, 2.24) is 29.6 Å². The van der Waals surface area contributed by atoms with Crippen molar-refractivity contribution in [3.05, 3.63) is 64.6 Å². The lowest BCUT2D eigenvalue weighted by molar-refractivity contribution is -0.116. The van der Waals surface area contributed by atoms with E-state index in [1.165, 1.54) is 16.4 Å². The van der Waals surface area contributed by atoms with Gasteiger partial charge in [0.2, 0.25) is 11.1 Å². The molecule has 4 aromatic rings. The summed E-state index contributed by atoms with van der Waals surface area (Å²) in [5, 5.41) is 12.0. The molecule has 0 spiro atoms. The molecule has 36 heavy (non-hydrogen) atoms. The number of amides is 1. The number of para-hydroxylation sites is 1. The molecule has 2 aromatic heterocycles. The fourth-order valence-corrected chi connectivity index (χ4v) is 5.30. The Hall–Kier alpha value is -4.06. The number of tetrazole rings is 1. The number of benzene rings is 2. The summed E-state index contributed by atoms with van der Waals surface area (Å²) in [6.45, 7) is 2.37. The van der Waals surface area contributed by atoms with E-state index in [0.29, 0.717) is 46.7 Å². The minimum atomic E-state index is -0.410. The van der Waals surface area contributed by atoms with Gasteiger partial charge in [-0.05, 0) is 35.9 Å². The first-order valence-electron chi connectivity index (χ1n) is 11.3. The number of nitrogens with zero attached hydrogens (tertiary/aromatic N) is 7. The second-order valence-electron chi connectivity index (χ2n) is 8.24. The number of ether oxygens (including phenoxy) is 2. The molecule has 1 unspecified atom stereocenters. The van der Waals surface area contributed by atoms with E-state index < -0.39 is 5.25 Å². The van der Waals surface area contributed by atoms with Crippen LogP contribution in [0.25, 0.3) is 11.4 Å². The molecule has 1 aliphatic rings. The van der Waals surface area contributed by atoms with Crippen LogP contribution in [0.5, 0.6) is 11.5 Å². The monoisotopic (exact) mass is 507 g/mol. The van der Waals surface area contributed by atoms with Gasteiger partial charge in [0.05, 0.1) is 36.5 Å². The second-order valence-corrected chi connectivity index (χ2v) is 9.41. The average Bonchev–Trinajstić information content (AvgIpc) is 3.56. The quantitative estimate of drug-likeness (QED) is 0.375. The summed E-state index contributed by atoms with van der Waals surface area (Å²) in [5.41, 5.74) is 2.22. The zero-order chi connectivity index (χ0) is 25.4. The van der Waals surface area contributed by atoms with Crippen LogP contribution in [-0.4, -0.2) is 61.5 Å². The van der Waals surface area contributed by atoms with Gasteiger partial charge < -0.3 is 14.4 Å². The second kappa shape index (κ2) is 9.53. The SMILES string of the molecule is COc1cc(OC)cc(N2CCC(Sc3nnnn3-c3c(C)n(C)n(-c4ccccc4)c3=O)C2=O)c1. The summed E-state index contributed by atoms with van der Waals surface area (Å²) in [5.74, 6) is 1.13. The molecule has 0 saturated carbocycles. The number of hydrogen-bond donors (Lipinski definition) is 0. The third-order valence-corrected chi connectivity index (χ3v) is 7.42. The van der Waals surface area contributed by atoms with Crippen LogP contribution >= 0.6 is 11.8 Å². The Labute approximate surface area is 211 Å². The first kappa shape index (κ1) is 23.7. The average molecular weight is 508 g/mol. The Morgan fingerprint density at radius 2 is 1.69 bits per heavy atom. The topological polar surface area (TPSA) is 109 Å². The molecule has 11 nitrogen and oxygen atoms in total. The highest BCUT2D eigenvalue weighted by Gasteiger charge is 2.36. The first-order valence-corrected chi connectivity index (χ1v) is 12.1. The Morgan fingerprint density at radius 3 is 2.36 bits per heavy atom. The van der Waals surface area contributed by atoms with Crippen molar-refractivity contribution in [3.8, 4) is 22.9 Å². The largest absolute Gasteiger partial charge is 0.497 e. The van der Waals surface area contributed by atoms with Crippen LogP contribution < -0.4 is 19.9 Å². The van der Waals surface area contributed by atoms with E-state index in [2.05, 4.69) is 15.5 Å². The number of methoxy groups -OCH3 is 2. The number of hydrogen-bond acceptors (Lipinski definition) is 8. The highest BCUT2D eigenvalue weighted by atomic mass is 32.2. The van der Waals surface area contributed by atoms with Gasteiger partial charge in [0.1, 0.15) is 11.5 Å². The van der Waals surface area contributed by atoms with Crippen LogP contribution in [0.3, 0.4) is 0 Å². The molecule has 0 aliphatic carbocycles. The van der Waals surface area contributed by atoms with Gasteiger partial charge in [0, 0.05) is 31.8 Å². The summed E-state index contributed by atoms with van der Waals surface area (Å²) in [7, 11) is 4.95. The van der Waals surface area contributed by atoms with E-state index in [0.717, 1.165) is 5.69 Å². The standard InChI is InChI=1S/C24H25N7O4S/c1-15-21(23(33)31(28(15)2)16-8-6-5-7-9-16)30-24(25-26-27-30)36-20-10-11-29(22(20)32)17-12-18(34-3)14-19(13-17)35-4/h5-9,12-14,20H,10-11H2,1-4H3. The highest BCUT2D eigenvalue weighted by Crippen LogP contribution is 2.36. The lowest BCUT2D eigenvalue weighted by Gasteiger charge is -2.18. The van der Waals surface area contributed by atoms with Crippen LogP contribution in [0.15, 0.2) is 58.5 Å². The predicted octanol–water partition coefficient (Wildman–Crippen LogP) is 2.37. The zero-order valence-electron chi connectivity index (χ0n) is 20.3. The van der Waals surface area contributed by atoms with Crippen molar-refractivity contribution in [2.24, 2.45) is 7.05 Å². The fraction of sp³-hybridized carbons (Fsp3) is 0.292. The first-order chi connectivity index (χ1) is 17.4. The molecule has 0 bridgehead atoms. The summed E-state index contributed by atoms with van der Waals surface area (Å²) < 4.78 is 15.5. The van der Waals surface area contributed by atoms with Gasteiger partial charge in [-0.25, -0.2) is 4.68 Å². The van der Waals surface area contributed by atoms with Crippen molar-refractivity contribution >= 4 is 23.4 Å². The molecule has 2 aromatic carbocycles. The smallest absolute Gasteiger partial charge is 0.297 e. The zero-order valence-corrected chi connectivity index (χ0v) is 21.1. The number of thioether (sulfide) groups is 1. The minimum absolute atomic E-state index is 0.0728. The van der Waals surface area contributed by atoms with E-state index in [4.69, 9.17) is 9.47 Å². The summed E-state index contributed by atoms with van der Waals surface area (Å²) in [4.78, 5) is 28.5. The van der Waals surface area contributed by atoms with Gasteiger partial charge >= 0.3 is 0 Å². The molecule has 5 rings (SSSR count). The molecule has 1 fully saturated rings. The van der Waals surface area contributed by atoms with Gasteiger partial charge in [-0.2, -0.15) is 4.68 Å².